The third kappa shape index (κ3) is 4.30. The Morgan fingerprint density at radius 2 is 1.89 bits per heavy atom. The molecule has 1 aromatic carbocycles. The maximum absolute atomic E-state index is 13.8. The summed E-state index contributed by atoms with van der Waals surface area (Å²) in [7, 11) is 3.15. The first kappa shape index (κ1) is 29.3. The number of ketones is 2. The molecule has 7 N–H and O–H groups in total. The van der Waals surface area contributed by atoms with Crippen molar-refractivity contribution in [2.45, 2.75) is 58.7 Å². The summed E-state index contributed by atoms with van der Waals surface area (Å²) in [6.07, 6.45) is 1.37. The number of hydrogen-bond donors (Lipinski definition) is 6. The number of Topliss-reactive ketones (excluding diaryl/α,β-unsaturated/α-hetero) is 2. The minimum absolute atomic E-state index is 0. The van der Waals surface area contributed by atoms with Crippen LogP contribution in [0.25, 0.3) is 5.76 Å². The Bertz CT molecular complexity index is 1240. The molecular weight excluding hydrogens is 490 g/mol. The zero-order valence-corrected chi connectivity index (χ0v) is 21.5. The number of nitrogens with two attached hydrogens (primary N) is 1. The first-order chi connectivity index (χ1) is 17.4. The number of fused-ring (bicyclic) bond motifs is 3. The molecule has 4 rings (SSSR count). The summed E-state index contributed by atoms with van der Waals surface area (Å²) in [6.45, 7) is 5.52. The number of aliphatic hydroxyl groups is 3. The lowest BCUT2D eigenvalue weighted by molar-refractivity contribution is -0.153. The van der Waals surface area contributed by atoms with Crippen LogP contribution in [0.5, 0.6) is 5.75 Å². The second-order valence-electron chi connectivity index (χ2n) is 10.7. The topological polar surface area (TPSA) is 173 Å². The van der Waals surface area contributed by atoms with Crippen molar-refractivity contribution in [1.82, 2.24) is 10.2 Å². The number of amides is 1. The van der Waals surface area contributed by atoms with Crippen LogP contribution >= 0.6 is 0 Å². The summed E-state index contributed by atoms with van der Waals surface area (Å²) in [5, 5.41) is 47.8. The number of phenols is 1. The fourth-order valence-corrected chi connectivity index (χ4v) is 6.07. The van der Waals surface area contributed by atoms with E-state index < -0.39 is 58.0 Å². The van der Waals surface area contributed by atoms with E-state index >= 15 is 0 Å². The lowest BCUT2D eigenvalue weighted by Gasteiger charge is -2.50. The molecule has 0 spiro atoms. The Morgan fingerprint density at radius 1 is 1.24 bits per heavy atom. The number of phenolic OH excluding ortho intramolecular Hbond substituents is 1. The van der Waals surface area contributed by atoms with Crippen LogP contribution in [0, 0.1) is 17.8 Å². The molecule has 1 amide bonds. The number of carbonyl (C=O) groups is 3. The van der Waals surface area contributed by atoms with Crippen LogP contribution in [0.15, 0.2) is 29.0 Å². The highest BCUT2D eigenvalue weighted by Crippen LogP contribution is 2.52. The maximum atomic E-state index is 13.8. The van der Waals surface area contributed by atoms with Gasteiger partial charge in [0.2, 0.25) is 5.78 Å². The normalized spacial score (nSPS) is 27.5. The number of likely N-dealkylation sites (N-methyl/N-ethyl adjacent to an activating group) is 1. The molecule has 1 aromatic rings. The van der Waals surface area contributed by atoms with Crippen LogP contribution in [0.1, 0.15) is 50.8 Å². The molecule has 10 heteroatoms. The van der Waals surface area contributed by atoms with Crippen molar-refractivity contribution in [1.29, 1.82) is 0 Å². The smallest absolute Gasteiger partial charge is 0.255 e. The van der Waals surface area contributed by atoms with Crippen LogP contribution in [0.2, 0.25) is 0 Å². The van der Waals surface area contributed by atoms with Crippen LogP contribution in [0.4, 0.5) is 0 Å². The van der Waals surface area contributed by atoms with E-state index in [9.17, 15) is 34.8 Å². The average molecular weight is 530 g/mol. The van der Waals surface area contributed by atoms with E-state index in [1.54, 1.807) is 20.2 Å². The monoisotopic (exact) mass is 529 g/mol. The highest BCUT2D eigenvalue weighted by molar-refractivity contribution is 6.24. The van der Waals surface area contributed by atoms with Crippen LogP contribution in [-0.4, -0.2) is 75.1 Å². The van der Waals surface area contributed by atoms with Gasteiger partial charge in [-0.3, -0.25) is 19.3 Å². The summed E-state index contributed by atoms with van der Waals surface area (Å²) in [4.78, 5) is 40.5. The minimum Gasteiger partial charge on any atom is -0.508 e. The molecule has 1 saturated carbocycles. The predicted octanol–water partition coefficient (Wildman–Crippen LogP) is 1.74. The Kier molecular flexibility index (Phi) is 8.12. The Morgan fingerprint density at radius 3 is 2.47 bits per heavy atom. The van der Waals surface area contributed by atoms with Crippen molar-refractivity contribution < 1.29 is 34.8 Å². The van der Waals surface area contributed by atoms with Gasteiger partial charge < -0.3 is 31.5 Å². The number of primary amides is 1. The van der Waals surface area contributed by atoms with Crippen molar-refractivity contribution in [2.24, 2.45) is 23.5 Å². The molecule has 208 valence electrons. The van der Waals surface area contributed by atoms with E-state index in [1.165, 1.54) is 11.0 Å². The van der Waals surface area contributed by atoms with Crippen molar-refractivity contribution in [3.63, 3.8) is 0 Å². The predicted molar refractivity (Wildman–Crippen MR) is 142 cm³/mol. The standard InChI is InChI=1S/C27H35N3O7.CH4/c1-5-12(2)10-29-11-13-6-7-17(31)19-15(13)8-14-9-16-21(30(3)4)23(33)20(26(28)36)25(35)27(16,37)24(34)18(14)22(19)32;/h6-7,12,14,16,21,29,31-32,35,37H,5,8-11H2,1-4H3,(H2,28,36);1H4/t12?,14-,16-,21-,27-;/m0./s1. The SMILES string of the molecule is C.CCC(C)CNCc1ccc(O)c2c1C[C@H]1C[C@H]3[C@H](N(C)C)C(=O)C(C(N)=O)=C(O)[C@@]3(O)C(=O)C1=C2O. The summed E-state index contributed by atoms with van der Waals surface area (Å²) in [5.41, 5.74) is 3.40. The summed E-state index contributed by atoms with van der Waals surface area (Å²) in [6, 6.07) is 2.13. The number of nitrogens with one attached hydrogen (secondary N) is 1. The van der Waals surface area contributed by atoms with E-state index in [-0.39, 0.29) is 37.2 Å². The molecule has 0 aromatic heterocycles. The van der Waals surface area contributed by atoms with E-state index in [0.29, 0.717) is 18.0 Å². The van der Waals surface area contributed by atoms with E-state index in [2.05, 4.69) is 19.2 Å². The minimum atomic E-state index is -2.63. The van der Waals surface area contributed by atoms with Gasteiger partial charge in [-0.05, 0) is 62.5 Å². The number of hydrogen-bond acceptors (Lipinski definition) is 9. The third-order valence-electron chi connectivity index (χ3n) is 8.21. The van der Waals surface area contributed by atoms with Gasteiger partial charge in [-0.25, -0.2) is 0 Å². The number of aliphatic hydroxyl groups excluding tert-OH is 2. The quantitative estimate of drug-likeness (QED) is 0.288. The lowest BCUT2D eigenvalue weighted by atomic mass is 9.57. The fourth-order valence-electron chi connectivity index (χ4n) is 6.07. The van der Waals surface area contributed by atoms with Gasteiger partial charge in [0.05, 0.1) is 11.6 Å². The lowest BCUT2D eigenvalue weighted by Crippen LogP contribution is -2.65. The molecule has 10 nitrogen and oxygen atoms in total. The molecule has 3 aliphatic rings. The van der Waals surface area contributed by atoms with Crippen LogP contribution in [0.3, 0.4) is 0 Å². The molecular formula is C28H39N3O7. The highest BCUT2D eigenvalue weighted by atomic mass is 16.3. The molecule has 0 aliphatic heterocycles. The van der Waals surface area contributed by atoms with E-state index in [4.69, 9.17) is 5.73 Å². The number of carbonyl (C=O) groups excluding carboxylic acids is 3. The number of aromatic hydroxyl groups is 1. The largest absolute Gasteiger partial charge is 0.508 e. The molecule has 3 aliphatic carbocycles. The highest BCUT2D eigenvalue weighted by Gasteiger charge is 2.64. The third-order valence-corrected chi connectivity index (χ3v) is 8.21. The fraction of sp³-hybridized carbons (Fsp3) is 0.536. The van der Waals surface area contributed by atoms with Gasteiger partial charge in [0, 0.05) is 18.0 Å². The van der Waals surface area contributed by atoms with Crippen molar-refractivity contribution in [3.8, 4) is 5.75 Å². The van der Waals surface area contributed by atoms with Crippen LogP contribution in [-0.2, 0) is 27.3 Å². The molecule has 0 radical (unpaired) electrons. The molecule has 38 heavy (non-hydrogen) atoms. The molecule has 0 heterocycles. The number of benzene rings is 1. The summed E-state index contributed by atoms with van der Waals surface area (Å²) < 4.78 is 0. The van der Waals surface area contributed by atoms with E-state index in [1.807, 2.05) is 0 Å². The summed E-state index contributed by atoms with van der Waals surface area (Å²) in [5.74, 6) is -6.00. The second-order valence-corrected chi connectivity index (χ2v) is 10.7. The molecule has 0 saturated heterocycles. The Balaban J connectivity index is 0.00000400. The van der Waals surface area contributed by atoms with Gasteiger partial charge in [0.25, 0.3) is 5.91 Å². The Hall–Kier alpha value is -3.21. The number of rotatable bonds is 7. The first-order valence-corrected chi connectivity index (χ1v) is 12.5. The van der Waals surface area contributed by atoms with Gasteiger partial charge >= 0.3 is 0 Å². The Labute approximate surface area is 222 Å². The van der Waals surface area contributed by atoms with E-state index in [0.717, 1.165) is 18.5 Å². The zero-order chi connectivity index (χ0) is 27.4. The van der Waals surface area contributed by atoms with Gasteiger partial charge in [0.15, 0.2) is 11.4 Å². The summed E-state index contributed by atoms with van der Waals surface area (Å²) >= 11 is 0. The van der Waals surface area contributed by atoms with Crippen molar-refractivity contribution >= 4 is 23.2 Å². The van der Waals surface area contributed by atoms with Gasteiger partial charge in [-0.15, -0.1) is 0 Å². The van der Waals surface area contributed by atoms with Crippen molar-refractivity contribution in [3.05, 3.63) is 45.7 Å². The molecule has 5 atom stereocenters. The maximum Gasteiger partial charge on any atom is 0.255 e. The van der Waals surface area contributed by atoms with Crippen molar-refractivity contribution in [2.75, 3.05) is 20.6 Å². The molecule has 0 bridgehead atoms. The molecule has 1 unspecified atom stereocenters. The second kappa shape index (κ2) is 10.5. The molecule has 1 fully saturated rings. The van der Waals surface area contributed by atoms with Gasteiger partial charge in [0.1, 0.15) is 22.8 Å². The van der Waals surface area contributed by atoms with Crippen LogP contribution < -0.4 is 11.1 Å². The zero-order valence-electron chi connectivity index (χ0n) is 21.5. The number of nitrogens with zero attached hydrogens (tertiary/aromatic N) is 1. The van der Waals surface area contributed by atoms with Gasteiger partial charge in [-0.1, -0.05) is 33.8 Å². The first-order valence-electron chi connectivity index (χ1n) is 12.5. The van der Waals surface area contributed by atoms with Gasteiger partial charge in [-0.2, -0.15) is 0 Å². The average Bonchev–Trinajstić information content (AvgIpc) is 2.82.